The van der Waals surface area contributed by atoms with Crippen LogP contribution in [0.1, 0.15) is 32.8 Å². The quantitative estimate of drug-likeness (QED) is 0.900. The summed E-state index contributed by atoms with van der Waals surface area (Å²) in [5.41, 5.74) is 1.82. The molecule has 1 heterocycles. The van der Waals surface area contributed by atoms with Crippen LogP contribution in [0.4, 0.5) is 10.1 Å². The summed E-state index contributed by atoms with van der Waals surface area (Å²) in [7, 11) is 0. The van der Waals surface area contributed by atoms with Crippen LogP contribution < -0.4 is 10.2 Å². The molecule has 2 nitrogen and oxygen atoms in total. The van der Waals surface area contributed by atoms with Crippen LogP contribution in [0.5, 0.6) is 0 Å². The van der Waals surface area contributed by atoms with Crippen molar-refractivity contribution in [3.05, 3.63) is 29.6 Å². The van der Waals surface area contributed by atoms with Crippen molar-refractivity contribution in [1.29, 1.82) is 0 Å². The number of benzene rings is 1. The Kier molecular flexibility index (Phi) is 4.46. The number of piperazine rings is 1. The Hall–Kier alpha value is -1.09. The Labute approximate surface area is 116 Å². The third-order valence-electron chi connectivity index (χ3n) is 4.24. The Balaban J connectivity index is 2.33. The van der Waals surface area contributed by atoms with E-state index in [1.807, 2.05) is 19.1 Å². The monoisotopic (exact) mass is 264 g/mol. The molecule has 1 N–H and O–H groups in total. The average Bonchev–Trinajstić information content (AvgIpc) is 2.41. The van der Waals surface area contributed by atoms with Gasteiger partial charge in [0.2, 0.25) is 0 Å². The van der Waals surface area contributed by atoms with Gasteiger partial charge in [-0.3, -0.25) is 0 Å². The van der Waals surface area contributed by atoms with Gasteiger partial charge in [-0.2, -0.15) is 0 Å². The van der Waals surface area contributed by atoms with Gasteiger partial charge in [-0.1, -0.05) is 26.8 Å². The summed E-state index contributed by atoms with van der Waals surface area (Å²) in [6, 6.07) is 6.34. The van der Waals surface area contributed by atoms with Crippen molar-refractivity contribution in [1.82, 2.24) is 5.32 Å². The van der Waals surface area contributed by atoms with Crippen molar-refractivity contribution in [3.8, 4) is 0 Å². The molecule has 1 aliphatic heterocycles. The van der Waals surface area contributed by atoms with Gasteiger partial charge in [-0.05, 0) is 31.4 Å². The first-order chi connectivity index (χ1) is 9.04. The molecule has 0 aromatic heterocycles. The minimum Gasteiger partial charge on any atom is -0.365 e. The molecule has 19 heavy (non-hydrogen) atoms. The highest BCUT2D eigenvalue weighted by molar-refractivity contribution is 5.55. The van der Waals surface area contributed by atoms with E-state index in [-0.39, 0.29) is 5.82 Å². The van der Waals surface area contributed by atoms with E-state index in [4.69, 9.17) is 0 Å². The first kappa shape index (κ1) is 14.3. The average molecular weight is 264 g/mol. The normalized spacial score (nSPS) is 24.0. The second-order valence-electron chi connectivity index (χ2n) is 5.86. The number of nitrogens with zero attached hydrogens (tertiary/aromatic N) is 1. The zero-order valence-corrected chi connectivity index (χ0v) is 12.4. The smallest absolute Gasteiger partial charge is 0.128 e. The number of rotatable bonds is 3. The molecule has 2 unspecified atom stereocenters. The lowest BCUT2D eigenvalue weighted by Gasteiger charge is -2.44. The molecule has 1 fully saturated rings. The summed E-state index contributed by atoms with van der Waals surface area (Å²) < 4.78 is 13.8. The highest BCUT2D eigenvalue weighted by Gasteiger charge is 2.30. The van der Waals surface area contributed by atoms with Crippen molar-refractivity contribution in [2.75, 3.05) is 18.0 Å². The molecule has 1 saturated heterocycles. The molecule has 1 aliphatic rings. The highest BCUT2D eigenvalue weighted by atomic mass is 19.1. The molecule has 0 spiro atoms. The van der Waals surface area contributed by atoms with Crippen molar-refractivity contribution < 1.29 is 4.39 Å². The van der Waals surface area contributed by atoms with Crippen LogP contribution >= 0.6 is 0 Å². The van der Waals surface area contributed by atoms with Gasteiger partial charge in [0.15, 0.2) is 0 Å². The maximum absolute atomic E-state index is 13.8. The Bertz CT molecular complexity index is 431. The number of nitrogens with one attached hydrogen (secondary N) is 1. The standard InChI is InChI=1S/C16H25FN2/c1-5-13-10-19(16(9-18-13)11(2)3)15-8-6-7-14(17)12(15)4/h6-8,11,13,16,18H,5,9-10H2,1-4H3. The van der Waals surface area contributed by atoms with Gasteiger partial charge >= 0.3 is 0 Å². The Morgan fingerprint density at radius 2 is 2.16 bits per heavy atom. The van der Waals surface area contributed by atoms with Crippen LogP contribution in [0.3, 0.4) is 0 Å². The number of anilines is 1. The van der Waals surface area contributed by atoms with Crippen LogP contribution in [0, 0.1) is 18.7 Å². The molecular formula is C16H25FN2. The number of halogens is 1. The lowest BCUT2D eigenvalue weighted by Crippen LogP contribution is -2.58. The molecule has 3 heteroatoms. The van der Waals surface area contributed by atoms with E-state index in [1.54, 1.807) is 6.07 Å². The van der Waals surface area contributed by atoms with Crippen molar-refractivity contribution in [3.63, 3.8) is 0 Å². The molecule has 0 saturated carbocycles. The molecule has 0 aliphatic carbocycles. The van der Waals surface area contributed by atoms with E-state index in [0.29, 0.717) is 18.0 Å². The van der Waals surface area contributed by atoms with Crippen molar-refractivity contribution in [2.45, 2.75) is 46.2 Å². The summed E-state index contributed by atoms with van der Waals surface area (Å²) >= 11 is 0. The second-order valence-corrected chi connectivity index (χ2v) is 5.86. The first-order valence-corrected chi connectivity index (χ1v) is 7.29. The molecule has 0 radical (unpaired) electrons. The van der Waals surface area contributed by atoms with E-state index < -0.39 is 0 Å². The molecule has 106 valence electrons. The van der Waals surface area contributed by atoms with Gasteiger partial charge in [0, 0.05) is 36.4 Å². The van der Waals surface area contributed by atoms with E-state index in [1.165, 1.54) is 0 Å². The first-order valence-electron chi connectivity index (χ1n) is 7.29. The van der Waals surface area contributed by atoms with Gasteiger partial charge in [0.05, 0.1) is 0 Å². The zero-order chi connectivity index (χ0) is 14.0. The van der Waals surface area contributed by atoms with E-state index in [9.17, 15) is 4.39 Å². The van der Waals surface area contributed by atoms with Gasteiger partial charge in [-0.15, -0.1) is 0 Å². The Morgan fingerprint density at radius 3 is 2.79 bits per heavy atom. The van der Waals surface area contributed by atoms with Crippen molar-refractivity contribution in [2.24, 2.45) is 5.92 Å². The van der Waals surface area contributed by atoms with Crippen LogP contribution in [0.15, 0.2) is 18.2 Å². The second kappa shape index (κ2) is 5.91. The predicted octanol–water partition coefficient (Wildman–Crippen LogP) is 3.35. The van der Waals surface area contributed by atoms with Crippen LogP contribution in [-0.4, -0.2) is 25.2 Å². The summed E-state index contributed by atoms with van der Waals surface area (Å²) in [4.78, 5) is 2.40. The summed E-state index contributed by atoms with van der Waals surface area (Å²) in [6.07, 6.45) is 1.11. The minimum atomic E-state index is -0.105. The molecule has 2 atom stereocenters. The molecule has 1 aromatic rings. The lowest BCUT2D eigenvalue weighted by molar-refractivity contribution is 0.333. The van der Waals surface area contributed by atoms with Gasteiger partial charge in [0.25, 0.3) is 0 Å². The maximum Gasteiger partial charge on any atom is 0.128 e. The maximum atomic E-state index is 13.8. The molecular weight excluding hydrogens is 239 g/mol. The van der Waals surface area contributed by atoms with Gasteiger partial charge in [0.1, 0.15) is 5.82 Å². The highest BCUT2D eigenvalue weighted by Crippen LogP contribution is 2.28. The third kappa shape index (κ3) is 2.92. The summed E-state index contributed by atoms with van der Waals surface area (Å²) in [5, 5.41) is 3.60. The fraction of sp³-hybridized carbons (Fsp3) is 0.625. The summed E-state index contributed by atoms with van der Waals surface area (Å²) in [5.74, 6) is 0.444. The van der Waals surface area contributed by atoms with E-state index in [0.717, 1.165) is 30.8 Å². The van der Waals surface area contributed by atoms with Crippen LogP contribution in [0.2, 0.25) is 0 Å². The molecule has 0 amide bonds. The minimum absolute atomic E-state index is 0.105. The SMILES string of the molecule is CCC1CN(c2cccc(F)c2C)C(C(C)C)CN1. The molecule has 1 aromatic carbocycles. The molecule has 0 bridgehead atoms. The zero-order valence-electron chi connectivity index (χ0n) is 12.4. The number of hydrogen-bond donors (Lipinski definition) is 1. The predicted molar refractivity (Wildman–Crippen MR) is 79.2 cm³/mol. The molecule has 2 rings (SSSR count). The topological polar surface area (TPSA) is 15.3 Å². The van der Waals surface area contributed by atoms with Crippen molar-refractivity contribution >= 4 is 5.69 Å². The van der Waals surface area contributed by atoms with Gasteiger partial charge in [-0.25, -0.2) is 4.39 Å². The Morgan fingerprint density at radius 1 is 1.42 bits per heavy atom. The third-order valence-corrected chi connectivity index (χ3v) is 4.24. The van der Waals surface area contributed by atoms with E-state index in [2.05, 4.69) is 31.0 Å². The number of hydrogen-bond acceptors (Lipinski definition) is 2. The fourth-order valence-electron chi connectivity index (χ4n) is 2.89. The lowest BCUT2D eigenvalue weighted by atomic mass is 9.96. The van der Waals surface area contributed by atoms with E-state index >= 15 is 0 Å². The summed E-state index contributed by atoms with van der Waals surface area (Å²) in [6.45, 7) is 10.5. The van der Waals surface area contributed by atoms with Crippen LogP contribution in [0.25, 0.3) is 0 Å². The van der Waals surface area contributed by atoms with Gasteiger partial charge < -0.3 is 10.2 Å². The fourth-order valence-corrected chi connectivity index (χ4v) is 2.89. The van der Waals surface area contributed by atoms with Crippen LogP contribution in [-0.2, 0) is 0 Å². The largest absolute Gasteiger partial charge is 0.365 e.